The van der Waals surface area contributed by atoms with Crippen LogP contribution in [0.4, 0.5) is 19.6 Å². The van der Waals surface area contributed by atoms with E-state index in [0.717, 1.165) is 50.1 Å². The number of nitriles is 1. The first-order chi connectivity index (χ1) is 23.7. The van der Waals surface area contributed by atoms with E-state index >= 15 is 8.78 Å². The Morgan fingerprint density at radius 3 is 2.78 bits per heavy atom. The summed E-state index contributed by atoms with van der Waals surface area (Å²) in [6, 6.07) is 4.33. The van der Waals surface area contributed by atoms with Gasteiger partial charge in [-0.1, -0.05) is 17.7 Å². The van der Waals surface area contributed by atoms with Crippen LogP contribution >= 0.6 is 22.9 Å². The van der Waals surface area contributed by atoms with Gasteiger partial charge in [-0.3, -0.25) is 9.69 Å². The van der Waals surface area contributed by atoms with Gasteiger partial charge in [-0.2, -0.15) is 15.2 Å². The maximum Gasteiger partial charge on any atom is 0.319 e. The number of nitrogen functional groups attached to an aromatic ring is 1. The van der Waals surface area contributed by atoms with Crippen LogP contribution in [0.15, 0.2) is 12.1 Å². The van der Waals surface area contributed by atoms with Crippen molar-refractivity contribution in [3.05, 3.63) is 34.4 Å². The van der Waals surface area contributed by atoms with E-state index in [2.05, 4.69) is 9.88 Å². The Morgan fingerprint density at radius 2 is 2.04 bits per heavy atom. The van der Waals surface area contributed by atoms with E-state index in [1.165, 1.54) is 12.1 Å². The first kappa shape index (κ1) is 32.3. The number of rotatable bonds is 6. The number of carbonyl (C=O) groups is 1. The molecule has 4 aliphatic rings. The number of anilines is 2. The van der Waals surface area contributed by atoms with Crippen LogP contribution in [0.2, 0.25) is 11.3 Å². The number of amides is 1. The number of fused-ring (bicyclic) bond motifs is 4. The zero-order valence-corrected chi connectivity index (χ0v) is 28.5. The van der Waals surface area contributed by atoms with Gasteiger partial charge in [0.25, 0.3) is 0 Å². The Morgan fingerprint density at radius 1 is 1.27 bits per heavy atom. The van der Waals surface area contributed by atoms with E-state index in [-0.39, 0.29) is 95.9 Å². The molecule has 3 saturated heterocycles. The second kappa shape index (κ2) is 12.1. The van der Waals surface area contributed by atoms with Crippen molar-refractivity contribution < 1.29 is 23.0 Å². The Kier molecular flexibility index (Phi) is 8.00. The third-order valence-corrected chi connectivity index (χ3v) is 12.3. The highest BCUT2D eigenvalue weighted by Crippen LogP contribution is 2.51. The maximum atomic E-state index is 17.3. The number of nitrogens with zero attached hydrogens (tertiary/aromatic N) is 6. The predicted octanol–water partition coefficient (Wildman–Crippen LogP) is 5.68. The maximum absolute atomic E-state index is 17.3. The van der Waals surface area contributed by atoms with Crippen molar-refractivity contribution in [1.29, 1.82) is 5.26 Å². The first-order valence-electron chi connectivity index (χ1n) is 16.5. The zero-order chi connectivity index (χ0) is 34.2. The number of aromatic nitrogens is 2. The monoisotopic (exact) mass is 703 g/mol. The van der Waals surface area contributed by atoms with Crippen LogP contribution in [0.1, 0.15) is 44.1 Å². The molecular weight excluding hydrogens is 671 g/mol. The minimum absolute atomic E-state index is 0.0182. The number of carbonyl (C=O) groups excluding carboxylic acids is 1. The van der Waals surface area contributed by atoms with Crippen molar-refractivity contribution in [2.75, 3.05) is 50.5 Å². The van der Waals surface area contributed by atoms with Crippen molar-refractivity contribution in [3.8, 4) is 29.0 Å². The van der Waals surface area contributed by atoms with E-state index in [1.54, 1.807) is 11.9 Å². The van der Waals surface area contributed by atoms with Gasteiger partial charge in [0.2, 0.25) is 5.91 Å². The fraction of sp³-hybridized carbons (Fsp3) is 0.471. The minimum atomic E-state index is -0.786. The molecule has 6 heterocycles. The van der Waals surface area contributed by atoms with Gasteiger partial charge < -0.3 is 25.0 Å². The molecule has 2 unspecified atom stereocenters. The summed E-state index contributed by atoms with van der Waals surface area (Å²) in [6.07, 6.45) is 5.42. The molecule has 1 amide bonds. The summed E-state index contributed by atoms with van der Waals surface area (Å²) < 4.78 is 45.2. The molecule has 10 nitrogen and oxygen atoms in total. The SMILES string of the molecule is [B]CC(=O)N(C)C1CCC2COc3c(Cl)c(-c4ccc(F)c5sc(N)c(C#N)c45)c(F)c4nc(OCC56CCCN5CCC6)nc(c34)N2C1. The van der Waals surface area contributed by atoms with Crippen molar-refractivity contribution >= 4 is 68.5 Å². The average Bonchev–Trinajstić information content (AvgIpc) is 3.76. The lowest BCUT2D eigenvalue weighted by molar-refractivity contribution is -0.129. The summed E-state index contributed by atoms with van der Waals surface area (Å²) in [7, 11) is 7.43. The number of ether oxygens (including phenoxy) is 2. The molecule has 0 saturated carbocycles. The van der Waals surface area contributed by atoms with Gasteiger partial charge in [0.1, 0.15) is 41.4 Å². The highest BCUT2D eigenvalue weighted by Gasteiger charge is 2.45. The number of nitrogens with two attached hydrogens (primary N) is 1. The van der Waals surface area contributed by atoms with E-state index in [4.69, 9.17) is 39.6 Å². The van der Waals surface area contributed by atoms with Crippen LogP contribution in [0.3, 0.4) is 0 Å². The summed E-state index contributed by atoms with van der Waals surface area (Å²) in [5.41, 5.74) is 6.09. The molecule has 0 aliphatic carbocycles. The lowest BCUT2D eigenvalue weighted by Gasteiger charge is -2.42. The molecule has 15 heteroatoms. The van der Waals surface area contributed by atoms with Gasteiger partial charge in [-0.15, -0.1) is 11.3 Å². The number of halogens is 3. The fourth-order valence-corrected chi connectivity index (χ4v) is 9.61. The second-order valence-corrected chi connectivity index (χ2v) is 14.8. The molecule has 2 aromatic heterocycles. The highest BCUT2D eigenvalue weighted by atomic mass is 35.5. The number of likely N-dealkylation sites (N-methyl/N-ethyl adjacent to an activating group) is 1. The normalized spacial score (nSPS) is 21.2. The highest BCUT2D eigenvalue weighted by molar-refractivity contribution is 7.23. The van der Waals surface area contributed by atoms with E-state index in [1.807, 2.05) is 11.0 Å². The molecule has 0 spiro atoms. The first-order valence-corrected chi connectivity index (χ1v) is 17.7. The van der Waals surface area contributed by atoms with Gasteiger partial charge in [-0.25, -0.2) is 8.78 Å². The number of piperidine rings is 1. The Bertz CT molecular complexity index is 2070. The summed E-state index contributed by atoms with van der Waals surface area (Å²) in [4.78, 5) is 28.3. The number of thiophene rings is 1. The smallest absolute Gasteiger partial charge is 0.319 e. The molecule has 4 aromatic rings. The Labute approximate surface area is 292 Å². The molecule has 8 rings (SSSR count). The predicted molar refractivity (Wildman–Crippen MR) is 186 cm³/mol. The van der Waals surface area contributed by atoms with E-state index < -0.39 is 11.6 Å². The molecule has 2 aromatic carbocycles. The van der Waals surface area contributed by atoms with Crippen LogP contribution in [0.5, 0.6) is 11.8 Å². The van der Waals surface area contributed by atoms with Crippen molar-refractivity contribution in [2.45, 2.75) is 62.5 Å². The van der Waals surface area contributed by atoms with Crippen molar-refractivity contribution in [2.24, 2.45) is 0 Å². The lowest BCUT2D eigenvalue weighted by Crippen LogP contribution is -2.54. The molecule has 252 valence electrons. The molecule has 4 aliphatic heterocycles. The summed E-state index contributed by atoms with van der Waals surface area (Å²) in [5.74, 6) is -0.967. The number of hydrogen-bond acceptors (Lipinski definition) is 10. The summed E-state index contributed by atoms with van der Waals surface area (Å²) >= 11 is 8.01. The molecule has 0 bridgehead atoms. The molecule has 49 heavy (non-hydrogen) atoms. The van der Waals surface area contributed by atoms with E-state index in [0.29, 0.717) is 31.8 Å². The van der Waals surface area contributed by atoms with Crippen molar-refractivity contribution in [1.82, 2.24) is 19.8 Å². The van der Waals surface area contributed by atoms with Gasteiger partial charge in [0.05, 0.1) is 40.1 Å². The van der Waals surface area contributed by atoms with Crippen LogP contribution in [0, 0.1) is 23.0 Å². The Balaban J connectivity index is 1.33. The zero-order valence-electron chi connectivity index (χ0n) is 26.9. The second-order valence-electron chi connectivity index (χ2n) is 13.4. The number of benzene rings is 2. The van der Waals surface area contributed by atoms with Gasteiger partial charge >= 0.3 is 6.01 Å². The molecule has 2 N–H and O–H groups in total. The molecular formula is C34H33BClF2N7O3S. The minimum Gasteiger partial charge on any atom is -0.489 e. The largest absolute Gasteiger partial charge is 0.489 e. The third kappa shape index (κ3) is 4.99. The quantitative estimate of drug-likeness (QED) is 0.253. The molecule has 2 radical (unpaired) electrons. The summed E-state index contributed by atoms with van der Waals surface area (Å²) in [5, 5.41) is 10.5. The van der Waals surface area contributed by atoms with Crippen molar-refractivity contribution in [3.63, 3.8) is 0 Å². The van der Waals surface area contributed by atoms with E-state index in [9.17, 15) is 10.1 Å². The Hall–Kier alpha value is -3.93. The number of hydrogen-bond donors (Lipinski definition) is 1. The van der Waals surface area contributed by atoms with Gasteiger partial charge in [0, 0.05) is 30.6 Å². The van der Waals surface area contributed by atoms with Crippen LogP contribution < -0.4 is 20.1 Å². The topological polar surface area (TPSA) is 121 Å². The summed E-state index contributed by atoms with van der Waals surface area (Å²) in [6.45, 7) is 3.00. The lowest BCUT2D eigenvalue weighted by atomic mass is 9.95. The van der Waals surface area contributed by atoms with Gasteiger partial charge in [0.15, 0.2) is 11.6 Å². The molecule has 3 fully saturated rings. The molecule has 2 atom stereocenters. The van der Waals surface area contributed by atoms with Gasteiger partial charge in [-0.05, 0) is 69.6 Å². The van der Waals surface area contributed by atoms with Crippen LogP contribution in [-0.2, 0) is 4.79 Å². The third-order valence-electron chi connectivity index (χ3n) is 10.9. The average molecular weight is 704 g/mol. The van der Waals surface area contributed by atoms with Crippen LogP contribution in [-0.4, -0.2) is 91.0 Å². The standard InChI is InChI=1S/C34H33BClF2N7O3S/c1-43(22(46)12-35)17-4-5-18-15-47-29-25-28(27(38)24(26(29)36)19-6-7-21(37)30-23(19)20(13-39)31(40)49-30)41-33(42-32(25)45(18)14-17)48-16-34-8-2-10-44(34)11-3-9-34/h6-7,17-18H,2-5,8-12,14-16,40H2,1H3. The fourth-order valence-electron chi connectivity index (χ4n) is 8.33. The van der Waals surface area contributed by atoms with Crippen LogP contribution in [0.25, 0.3) is 32.1 Å².